The Kier molecular flexibility index (Phi) is 5.81. The van der Waals surface area contributed by atoms with Gasteiger partial charge in [0.1, 0.15) is 10.8 Å². The van der Waals surface area contributed by atoms with E-state index in [0.29, 0.717) is 5.65 Å². The molecule has 30 heavy (non-hydrogen) atoms. The lowest BCUT2D eigenvalue weighted by Gasteiger charge is -2.10. The fourth-order valence-corrected chi connectivity index (χ4v) is 4.12. The van der Waals surface area contributed by atoms with Crippen LogP contribution in [0.1, 0.15) is 18.2 Å². The van der Waals surface area contributed by atoms with Crippen LogP contribution in [-0.4, -0.2) is 26.3 Å². The van der Waals surface area contributed by atoms with Crippen molar-refractivity contribution in [1.82, 2.24) is 14.6 Å². The second kappa shape index (κ2) is 8.67. The van der Waals surface area contributed by atoms with Crippen molar-refractivity contribution < 1.29 is 9.18 Å². The minimum atomic E-state index is -0.286. The fraction of sp³-hybridized carbons (Fsp3) is 0.174. The maximum atomic E-state index is 13.3. The molecular weight excluding hydrogens is 399 g/mol. The van der Waals surface area contributed by atoms with Crippen LogP contribution in [0.2, 0.25) is 0 Å². The van der Waals surface area contributed by atoms with Crippen molar-refractivity contribution in [2.45, 2.75) is 25.3 Å². The Hall–Kier alpha value is -3.19. The van der Waals surface area contributed by atoms with E-state index in [1.54, 1.807) is 22.8 Å². The molecule has 0 spiro atoms. The molecule has 0 bridgehead atoms. The number of nitrogens with zero attached hydrogens (tertiary/aromatic N) is 3. The number of hydrogen-bond acceptors (Lipinski definition) is 4. The first-order valence-corrected chi connectivity index (χ1v) is 10.7. The van der Waals surface area contributed by atoms with Gasteiger partial charge in [-0.05, 0) is 48.7 Å². The number of halogens is 1. The van der Waals surface area contributed by atoms with E-state index in [1.807, 2.05) is 37.3 Å². The van der Waals surface area contributed by atoms with Gasteiger partial charge in [0.15, 0.2) is 5.65 Å². The third kappa shape index (κ3) is 4.21. The van der Waals surface area contributed by atoms with Crippen molar-refractivity contribution in [1.29, 1.82) is 0 Å². The van der Waals surface area contributed by atoms with Gasteiger partial charge in [0.05, 0.1) is 11.9 Å². The number of aromatic nitrogens is 3. The number of amides is 1. The third-order valence-electron chi connectivity index (χ3n) is 4.75. The third-order valence-corrected chi connectivity index (χ3v) is 5.74. The molecule has 2 aromatic heterocycles. The molecule has 0 radical (unpaired) electrons. The molecule has 0 aliphatic carbocycles. The zero-order valence-electron chi connectivity index (χ0n) is 16.7. The van der Waals surface area contributed by atoms with Gasteiger partial charge < -0.3 is 5.32 Å². The van der Waals surface area contributed by atoms with E-state index in [1.165, 1.54) is 23.9 Å². The fourth-order valence-electron chi connectivity index (χ4n) is 3.26. The van der Waals surface area contributed by atoms with Crippen molar-refractivity contribution in [2.75, 3.05) is 11.1 Å². The van der Waals surface area contributed by atoms with Gasteiger partial charge in [-0.25, -0.2) is 13.9 Å². The second-order valence-corrected chi connectivity index (χ2v) is 7.88. The lowest BCUT2D eigenvalue weighted by atomic mass is 10.1. The van der Waals surface area contributed by atoms with Crippen LogP contribution in [0.25, 0.3) is 16.8 Å². The van der Waals surface area contributed by atoms with Gasteiger partial charge in [-0.3, -0.25) is 4.79 Å². The average Bonchev–Trinajstić information content (AvgIpc) is 3.17. The van der Waals surface area contributed by atoms with Crippen molar-refractivity contribution in [3.63, 3.8) is 0 Å². The Bertz CT molecular complexity index is 1200. The largest absolute Gasteiger partial charge is 0.325 e. The first-order valence-electron chi connectivity index (χ1n) is 9.67. The number of anilines is 1. The van der Waals surface area contributed by atoms with Crippen LogP contribution in [0.15, 0.2) is 65.8 Å². The van der Waals surface area contributed by atoms with Gasteiger partial charge in [0.25, 0.3) is 0 Å². The van der Waals surface area contributed by atoms with E-state index in [4.69, 9.17) is 0 Å². The van der Waals surface area contributed by atoms with Gasteiger partial charge in [0.2, 0.25) is 5.91 Å². The van der Waals surface area contributed by atoms with Gasteiger partial charge >= 0.3 is 0 Å². The summed E-state index contributed by atoms with van der Waals surface area (Å²) in [5.74, 6) is -0.108. The van der Waals surface area contributed by atoms with E-state index in [9.17, 15) is 9.18 Å². The summed E-state index contributed by atoms with van der Waals surface area (Å²) in [6, 6.07) is 16.0. The number of carbonyl (C=O) groups is 1. The molecule has 152 valence electrons. The van der Waals surface area contributed by atoms with Crippen LogP contribution in [0, 0.1) is 12.7 Å². The highest BCUT2D eigenvalue weighted by Gasteiger charge is 2.14. The lowest BCUT2D eigenvalue weighted by Crippen LogP contribution is -2.15. The van der Waals surface area contributed by atoms with Gasteiger partial charge in [-0.15, -0.1) is 0 Å². The maximum absolute atomic E-state index is 13.3. The Morgan fingerprint density at radius 2 is 1.93 bits per heavy atom. The van der Waals surface area contributed by atoms with E-state index < -0.39 is 0 Å². The number of rotatable bonds is 6. The molecule has 4 aromatic rings. The summed E-state index contributed by atoms with van der Waals surface area (Å²) in [5.41, 5.74) is 5.12. The Balaban J connectivity index is 1.56. The highest BCUT2D eigenvalue weighted by atomic mass is 32.2. The minimum absolute atomic E-state index is 0.0746. The van der Waals surface area contributed by atoms with Crippen LogP contribution in [0.3, 0.4) is 0 Å². The number of thioether (sulfide) groups is 1. The summed E-state index contributed by atoms with van der Waals surface area (Å²) in [4.78, 5) is 17.1. The summed E-state index contributed by atoms with van der Waals surface area (Å²) < 4.78 is 15.0. The van der Waals surface area contributed by atoms with Gasteiger partial charge in [-0.2, -0.15) is 5.10 Å². The number of para-hydroxylation sites is 1. The molecule has 2 aromatic carbocycles. The molecule has 0 unspecified atom stereocenters. The molecule has 5 nitrogen and oxygen atoms in total. The summed E-state index contributed by atoms with van der Waals surface area (Å²) >= 11 is 1.40. The molecule has 0 fully saturated rings. The molecule has 0 aliphatic heterocycles. The van der Waals surface area contributed by atoms with Crippen molar-refractivity contribution in [3.05, 3.63) is 77.9 Å². The summed E-state index contributed by atoms with van der Waals surface area (Å²) in [6.07, 6.45) is 2.57. The quantitative estimate of drug-likeness (QED) is 0.347. The van der Waals surface area contributed by atoms with Crippen LogP contribution in [0.4, 0.5) is 10.1 Å². The van der Waals surface area contributed by atoms with Gasteiger partial charge in [-0.1, -0.05) is 49.0 Å². The number of carbonyl (C=O) groups excluding carboxylic acids is 1. The van der Waals surface area contributed by atoms with Crippen LogP contribution in [-0.2, 0) is 11.2 Å². The SMILES string of the molecule is CCc1ccccc1NC(=O)CSc1cc(C)nc2c(-c3ccc(F)cc3)cnn12. The molecule has 0 aliphatic rings. The smallest absolute Gasteiger partial charge is 0.234 e. The summed E-state index contributed by atoms with van der Waals surface area (Å²) in [6.45, 7) is 3.97. The molecule has 7 heteroatoms. The van der Waals surface area contributed by atoms with Crippen LogP contribution >= 0.6 is 11.8 Å². The highest BCUT2D eigenvalue weighted by molar-refractivity contribution is 7.99. The zero-order chi connectivity index (χ0) is 21.1. The van der Waals surface area contributed by atoms with Crippen molar-refractivity contribution in [2.24, 2.45) is 0 Å². The highest BCUT2D eigenvalue weighted by Crippen LogP contribution is 2.28. The lowest BCUT2D eigenvalue weighted by molar-refractivity contribution is -0.113. The summed E-state index contributed by atoms with van der Waals surface area (Å²) in [7, 11) is 0. The summed E-state index contributed by atoms with van der Waals surface area (Å²) in [5, 5.41) is 8.27. The Morgan fingerprint density at radius 3 is 2.70 bits per heavy atom. The van der Waals surface area contributed by atoms with Crippen molar-refractivity contribution in [3.8, 4) is 11.1 Å². The predicted molar refractivity (Wildman–Crippen MR) is 118 cm³/mol. The molecule has 1 amide bonds. The second-order valence-electron chi connectivity index (χ2n) is 6.88. The van der Waals surface area contributed by atoms with E-state index in [2.05, 4.69) is 22.3 Å². The van der Waals surface area contributed by atoms with Crippen LogP contribution in [0.5, 0.6) is 0 Å². The molecule has 2 heterocycles. The van der Waals surface area contributed by atoms with E-state index in [0.717, 1.165) is 39.5 Å². The minimum Gasteiger partial charge on any atom is -0.325 e. The zero-order valence-corrected chi connectivity index (χ0v) is 17.5. The van der Waals surface area contributed by atoms with Gasteiger partial charge in [0, 0.05) is 16.9 Å². The maximum Gasteiger partial charge on any atom is 0.234 e. The number of aryl methyl sites for hydroxylation is 2. The molecule has 0 saturated carbocycles. The van der Waals surface area contributed by atoms with E-state index in [-0.39, 0.29) is 17.5 Å². The molecule has 0 atom stereocenters. The van der Waals surface area contributed by atoms with E-state index >= 15 is 0 Å². The standard InChI is InChI=1S/C23H21FN4OS/c1-3-16-6-4-5-7-20(16)27-21(29)14-30-22-12-15(2)26-23-19(13-25-28(22)23)17-8-10-18(24)11-9-17/h4-13H,3,14H2,1-2H3,(H,27,29). The first kappa shape index (κ1) is 20.1. The number of benzene rings is 2. The number of fused-ring (bicyclic) bond motifs is 1. The number of nitrogens with one attached hydrogen (secondary N) is 1. The topological polar surface area (TPSA) is 59.3 Å². The van der Waals surface area contributed by atoms with Crippen LogP contribution < -0.4 is 5.32 Å². The Morgan fingerprint density at radius 1 is 1.17 bits per heavy atom. The average molecular weight is 421 g/mol. The number of hydrogen-bond donors (Lipinski definition) is 1. The molecular formula is C23H21FN4OS. The van der Waals surface area contributed by atoms with Crippen molar-refractivity contribution >= 4 is 29.0 Å². The molecule has 4 rings (SSSR count). The molecule has 1 N–H and O–H groups in total. The normalized spacial score (nSPS) is 11.0. The first-order chi connectivity index (χ1) is 14.5. The Labute approximate surface area is 178 Å². The monoisotopic (exact) mass is 420 g/mol. The predicted octanol–water partition coefficient (Wildman–Crippen LogP) is 5.14. The molecule has 0 saturated heterocycles.